The summed E-state index contributed by atoms with van der Waals surface area (Å²) in [4.78, 5) is 27.3. The molecule has 4 rings (SSSR count). The summed E-state index contributed by atoms with van der Waals surface area (Å²) >= 11 is 0. The van der Waals surface area contributed by atoms with E-state index < -0.39 is 22.1 Å². The Hall–Kier alpha value is -2.72. The first-order chi connectivity index (χ1) is 12.8. The van der Waals surface area contributed by atoms with Crippen molar-refractivity contribution in [2.75, 3.05) is 20.1 Å². The fraction of sp³-hybridized carbons (Fsp3) is 0.353. The number of carbonyl (C=O) groups excluding carboxylic acids is 2. The molecular formula is C17H19N5O4S. The minimum Gasteiger partial charge on any atom is -0.335 e. The maximum Gasteiger partial charge on any atom is 0.245 e. The molecule has 0 spiro atoms. The number of aromatic nitrogens is 2. The normalized spacial score (nSPS) is 23.0. The lowest BCUT2D eigenvalue weighted by Crippen LogP contribution is -2.55. The Balaban J connectivity index is 1.49. The van der Waals surface area contributed by atoms with Crippen LogP contribution in [0.3, 0.4) is 0 Å². The number of amides is 2. The molecule has 2 fully saturated rings. The zero-order valence-corrected chi connectivity index (χ0v) is 15.5. The van der Waals surface area contributed by atoms with Gasteiger partial charge in [0.25, 0.3) is 0 Å². The Bertz CT molecular complexity index is 971. The van der Waals surface area contributed by atoms with Crippen LogP contribution in [-0.4, -0.2) is 72.0 Å². The van der Waals surface area contributed by atoms with Crippen molar-refractivity contribution in [3.63, 3.8) is 0 Å². The van der Waals surface area contributed by atoms with Gasteiger partial charge in [-0.2, -0.15) is 5.10 Å². The highest BCUT2D eigenvalue weighted by molar-refractivity contribution is 7.89. The molecule has 0 radical (unpaired) electrons. The van der Waals surface area contributed by atoms with Gasteiger partial charge in [-0.15, -0.1) is 0 Å². The van der Waals surface area contributed by atoms with Crippen LogP contribution in [0.15, 0.2) is 47.6 Å². The molecule has 142 valence electrons. The summed E-state index contributed by atoms with van der Waals surface area (Å²) in [7, 11) is -2.18. The van der Waals surface area contributed by atoms with E-state index in [9.17, 15) is 18.0 Å². The van der Waals surface area contributed by atoms with Crippen LogP contribution in [0.25, 0.3) is 5.69 Å². The minimum absolute atomic E-state index is 0.0314. The van der Waals surface area contributed by atoms with Crippen molar-refractivity contribution in [2.45, 2.75) is 23.4 Å². The number of benzene rings is 1. The van der Waals surface area contributed by atoms with E-state index in [4.69, 9.17) is 0 Å². The van der Waals surface area contributed by atoms with Crippen molar-refractivity contribution in [2.24, 2.45) is 0 Å². The van der Waals surface area contributed by atoms with Gasteiger partial charge >= 0.3 is 0 Å². The monoisotopic (exact) mass is 389 g/mol. The van der Waals surface area contributed by atoms with Gasteiger partial charge in [0, 0.05) is 32.0 Å². The number of likely N-dealkylation sites (N-methyl/N-ethyl adjacent to an activating group) is 1. The fourth-order valence-corrected chi connectivity index (χ4v) is 4.78. The van der Waals surface area contributed by atoms with Gasteiger partial charge in [0.1, 0.15) is 6.04 Å². The average molecular weight is 389 g/mol. The molecule has 9 nitrogen and oxygen atoms in total. The van der Waals surface area contributed by atoms with E-state index in [-0.39, 0.29) is 36.2 Å². The molecule has 1 aromatic carbocycles. The van der Waals surface area contributed by atoms with Crippen molar-refractivity contribution in [3.05, 3.63) is 42.7 Å². The van der Waals surface area contributed by atoms with Crippen LogP contribution < -0.4 is 4.72 Å². The maximum atomic E-state index is 12.7. The Morgan fingerprint density at radius 3 is 2.59 bits per heavy atom. The van der Waals surface area contributed by atoms with Crippen molar-refractivity contribution in [1.82, 2.24) is 24.3 Å². The third-order valence-electron chi connectivity index (χ3n) is 4.89. The SMILES string of the molecule is CN1CC(=O)N2C[C@H](NS(=O)(=O)c3ccc(-n4cccn4)cc3)C[C@H]2C1=O. The second-order valence-electron chi connectivity index (χ2n) is 6.75. The van der Waals surface area contributed by atoms with Gasteiger partial charge in [0.05, 0.1) is 17.1 Å². The van der Waals surface area contributed by atoms with Crippen molar-refractivity contribution >= 4 is 21.8 Å². The van der Waals surface area contributed by atoms with Crippen molar-refractivity contribution in [1.29, 1.82) is 0 Å². The van der Waals surface area contributed by atoms with Gasteiger partial charge < -0.3 is 9.80 Å². The van der Waals surface area contributed by atoms with Crippen LogP contribution in [0.5, 0.6) is 0 Å². The first kappa shape index (κ1) is 17.7. The van der Waals surface area contributed by atoms with Gasteiger partial charge in [-0.3, -0.25) is 9.59 Å². The minimum atomic E-state index is -3.76. The zero-order valence-electron chi connectivity index (χ0n) is 14.6. The highest BCUT2D eigenvalue weighted by atomic mass is 32.2. The third kappa shape index (κ3) is 3.21. The average Bonchev–Trinajstić information content (AvgIpc) is 3.30. The molecule has 10 heteroatoms. The fourth-order valence-electron chi connectivity index (χ4n) is 3.54. The molecule has 2 aliphatic rings. The number of carbonyl (C=O) groups is 2. The second kappa shape index (κ2) is 6.46. The molecule has 2 aromatic rings. The highest BCUT2D eigenvalue weighted by Gasteiger charge is 2.45. The van der Waals surface area contributed by atoms with E-state index in [1.807, 2.05) is 0 Å². The molecule has 0 aliphatic carbocycles. The summed E-state index contributed by atoms with van der Waals surface area (Å²) in [6, 6.07) is 7.04. The standard InChI is InChI=1S/C17H19N5O4S/c1-20-11-16(23)21-10-12(9-15(21)17(20)24)19-27(25,26)14-5-3-13(4-6-14)22-8-2-7-18-22/h2-8,12,15,19H,9-11H2,1H3/t12-,15+/m1/s1. The molecule has 0 unspecified atom stereocenters. The molecular weight excluding hydrogens is 370 g/mol. The quantitative estimate of drug-likeness (QED) is 0.766. The number of hydrogen-bond acceptors (Lipinski definition) is 5. The third-order valence-corrected chi connectivity index (χ3v) is 6.43. The number of piperazine rings is 1. The number of sulfonamides is 1. The van der Waals surface area contributed by atoms with E-state index in [0.717, 1.165) is 5.69 Å². The lowest BCUT2D eigenvalue weighted by Gasteiger charge is -2.33. The highest BCUT2D eigenvalue weighted by Crippen LogP contribution is 2.25. The Morgan fingerprint density at radius 2 is 1.93 bits per heavy atom. The molecule has 2 saturated heterocycles. The van der Waals surface area contributed by atoms with Crippen molar-refractivity contribution < 1.29 is 18.0 Å². The summed E-state index contributed by atoms with van der Waals surface area (Å²) in [6.45, 7) is 0.234. The lowest BCUT2D eigenvalue weighted by atomic mass is 10.1. The topological polar surface area (TPSA) is 105 Å². The van der Waals surface area contributed by atoms with Gasteiger partial charge in [-0.1, -0.05) is 0 Å². The van der Waals surface area contributed by atoms with E-state index in [2.05, 4.69) is 9.82 Å². The van der Waals surface area contributed by atoms with Crippen LogP contribution in [0.1, 0.15) is 6.42 Å². The molecule has 0 saturated carbocycles. The maximum absolute atomic E-state index is 12.7. The number of fused-ring (bicyclic) bond motifs is 1. The van der Waals surface area contributed by atoms with Crippen LogP contribution >= 0.6 is 0 Å². The van der Waals surface area contributed by atoms with Crippen LogP contribution in [0, 0.1) is 0 Å². The molecule has 27 heavy (non-hydrogen) atoms. The Labute approximate surface area is 156 Å². The summed E-state index contributed by atoms with van der Waals surface area (Å²) in [5, 5.41) is 4.10. The number of hydrogen-bond donors (Lipinski definition) is 1. The van der Waals surface area contributed by atoms with E-state index >= 15 is 0 Å². The number of nitrogens with zero attached hydrogens (tertiary/aromatic N) is 4. The van der Waals surface area contributed by atoms with Gasteiger partial charge in [0.15, 0.2) is 0 Å². The van der Waals surface area contributed by atoms with Crippen molar-refractivity contribution in [3.8, 4) is 5.69 Å². The van der Waals surface area contributed by atoms with E-state index in [1.165, 1.54) is 21.9 Å². The van der Waals surface area contributed by atoms with Crippen LogP contribution in [-0.2, 0) is 19.6 Å². The summed E-state index contributed by atoms with van der Waals surface area (Å²) in [6.07, 6.45) is 3.68. The second-order valence-corrected chi connectivity index (χ2v) is 8.47. The van der Waals surface area contributed by atoms with Crippen LogP contribution in [0.4, 0.5) is 0 Å². The first-order valence-corrected chi connectivity index (χ1v) is 10.0. The largest absolute Gasteiger partial charge is 0.335 e. The van der Waals surface area contributed by atoms with Crippen LogP contribution in [0.2, 0.25) is 0 Å². The molecule has 2 atom stereocenters. The molecule has 3 heterocycles. The summed E-state index contributed by atoms with van der Waals surface area (Å²) in [5.74, 6) is -0.313. The van der Waals surface area contributed by atoms with Gasteiger partial charge in [-0.05, 0) is 36.8 Å². The summed E-state index contributed by atoms with van der Waals surface area (Å²) in [5.41, 5.74) is 0.746. The molecule has 0 bridgehead atoms. The first-order valence-electron chi connectivity index (χ1n) is 8.52. The Morgan fingerprint density at radius 1 is 1.19 bits per heavy atom. The smallest absolute Gasteiger partial charge is 0.245 e. The van der Waals surface area contributed by atoms with E-state index in [1.54, 1.807) is 42.3 Å². The zero-order chi connectivity index (χ0) is 19.2. The summed E-state index contributed by atoms with van der Waals surface area (Å²) < 4.78 is 29.6. The predicted octanol–water partition coefficient (Wildman–Crippen LogP) is -0.408. The molecule has 2 aliphatic heterocycles. The van der Waals surface area contributed by atoms with Gasteiger partial charge in [-0.25, -0.2) is 17.8 Å². The number of nitrogens with one attached hydrogen (secondary N) is 1. The van der Waals surface area contributed by atoms with E-state index in [0.29, 0.717) is 0 Å². The molecule has 2 amide bonds. The number of rotatable bonds is 4. The predicted molar refractivity (Wildman–Crippen MR) is 95.4 cm³/mol. The lowest BCUT2D eigenvalue weighted by molar-refractivity contribution is -0.152. The Kier molecular flexibility index (Phi) is 4.23. The molecule has 1 N–H and O–H groups in total. The van der Waals surface area contributed by atoms with Gasteiger partial charge in [0.2, 0.25) is 21.8 Å². The molecule has 1 aromatic heterocycles.